The molecule has 3 aromatic carbocycles. The number of nitrogens with zero attached hydrogens (tertiary/aromatic N) is 1. The number of sulfonamides is 1. The monoisotopic (exact) mass is 486 g/mol. The van der Waals surface area contributed by atoms with Gasteiger partial charge in [-0.15, -0.1) is 0 Å². The van der Waals surface area contributed by atoms with E-state index in [2.05, 4.69) is 5.32 Å². The number of halogens is 2. The maximum absolute atomic E-state index is 13.4. The molecule has 0 radical (unpaired) electrons. The second-order valence-electron chi connectivity index (χ2n) is 7.21. The van der Waals surface area contributed by atoms with Gasteiger partial charge in [-0.3, -0.25) is 14.4 Å². The Morgan fingerprint density at radius 3 is 2.30 bits per heavy atom. The maximum atomic E-state index is 13.4. The van der Waals surface area contributed by atoms with Crippen LogP contribution in [0.4, 0.5) is 10.1 Å². The number of para-hydroxylation sites is 1. The zero-order valence-corrected chi connectivity index (χ0v) is 18.4. The zero-order chi connectivity index (χ0) is 23.8. The highest BCUT2D eigenvalue weighted by molar-refractivity contribution is 7.89. The smallest absolute Gasteiger partial charge is 0.245 e. The van der Waals surface area contributed by atoms with Crippen LogP contribution < -0.4 is 5.32 Å². The number of hydrogen-bond donors (Lipinski definition) is 1. The Bertz CT molecular complexity index is 1380. The van der Waals surface area contributed by atoms with Crippen molar-refractivity contribution in [2.45, 2.75) is 10.9 Å². The Morgan fingerprint density at radius 2 is 1.61 bits per heavy atom. The lowest BCUT2D eigenvalue weighted by Gasteiger charge is -2.33. The molecule has 1 aliphatic rings. The third kappa shape index (κ3) is 4.30. The minimum atomic E-state index is -4.40. The molecule has 4 rings (SSSR count). The Hall–Kier alpha value is -3.40. The average molecular weight is 487 g/mol. The van der Waals surface area contributed by atoms with E-state index in [1.807, 2.05) is 0 Å². The van der Waals surface area contributed by atoms with Crippen molar-refractivity contribution in [1.82, 2.24) is 4.31 Å². The summed E-state index contributed by atoms with van der Waals surface area (Å²) in [6, 6.07) is 14.3. The SMILES string of the molecule is O=C(CN1C(C(=O)c2ccc(F)cc2)C(=O)c2ccccc2S1(=O)=O)Nc1ccccc1Cl. The number of carbonyl (C=O) groups excluding carboxylic acids is 3. The first-order valence-corrected chi connectivity index (χ1v) is 11.5. The molecule has 1 unspecified atom stereocenters. The highest BCUT2D eigenvalue weighted by atomic mass is 35.5. The van der Waals surface area contributed by atoms with Crippen LogP contribution in [0.5, 0.6) is 0 Å². The average Bonchev–Trinajstić information content (AvgIpc) is 2.79. The summed E-state index contributed by atoms with van der Waals surface area (Å²) in [4.78, 5) is 38.9. The number of anilines is 1. The number of hydrogen-bond acceptors (Lipinski definition) is 5. The summed E-state index contributed by atoms with van der Waals surface area (Å²) in [5, 5.41) is 2.72. The van der Waals surface area contributed by atoms with Crippen LogP contribution in [0, 0.1) is 5.82 Å². The van der Waals surface area contributed by atoms with Gasteiger partial charge in [0, 0.05) is 11.1 Å². The minimum Gasteiger partial charge on any atom is -0.324 e. The summed E-state index contributed by atoms with van der Waals surface area (Å²) in [5.74, 6) is -3.05. The molecule has 0 spiro atoms. The molecule has 0 saturated carbocycles. The molecule has 1 N–H and O–H groups in total. The molecule has 7 nitrogen and oxygen atoms in total. The zero-order valence-electron chi connectivity index (χ0n) is 16.9. The molecule has 0 aliphatic carbocycles. The van der Waals surface area contributed by atoms with Crippen LogP contribution in [-0.4, -0.2) is 42.8 Å². The largest absolute Gasteiger partial charge is 0.324 e. The molecule has 1 atom stereocenters. The predicted octanol–water partition coefficient (Wildman–Crippen LogP) is 3.56. The van der Waals surface area contributed by atoms with Gasteiger partial charge in [-0.25, -0.2) is 12.8 Å². The Balaban J connectivity index is 1.75. The lowest BCUT2D eigenvalue weighted by atomic mass is 9.95. The molecule has 168 valence electrons. The fraction of sp³-hybridized carbons (Fsp3) is 0.0870. The fourth-order valence-electron chi connectivity index (χ4n) is 3.53. The highest BCUT2D eigenvalue weighted by Crippen LogP contribution is 2.32. The molecule has 0 saturated heterocycles. The van der Waals surface area contributed by atoms with Crippen LogP contribution in [0.2, 0.25) is 5.02 Å². The molecule has 1 amide bonds. The van der Waals surface area contributed by atoms with E-state index < -0.39 is 45.9 Å². The van der Waals surface area contributed by atoms with Crippen LogP contribution in [0.25, 0.3) is 0 Å². The molecule has 0 bridgehead atoms. The quantitative estimate of drug-likeness (QED) is 0.439. The van der Waals surface area contributed by atoms with Gasteiger partial charge >= 0.3 is 0 Å². The summed E-state index contributed by atoms with van der Waals surface area (Å²) < 4.78 is 40.6. The van der Waals surface area contributed by atoms with Crippen LogP contribution in [0.15, 0.2) is 77.7 Å². The van der Waals surface area contributed by atoms with Crippen molar-refractivity contribution in [1.29, 1.82) is 0 Å². The summed E-state index contributed by atoms with van der Waals surface area (Å²) in [7, 11) is -4.40. The summed E-state index contributed by atoms with van der Waals surface area (Å²) in [6.45, 7) is -0.814. The van der Waals surface area contributed by atoms with E-state index in [0.29, 0.717) is 4.31 Å². The standard InChI is InChI=1S/C23H16ClFN2O5S/c24-17-6-2-3-7-18(17)26-20(28)13-27-21(22(29)14-9-11-15(25)12-10-14)23(30)16-5-1-4-8-19(16)33(27,31)32/h1-12,21H,13H2,(H,26,28). The second-order valence-corrected chi connectivity index (χ2v) is 9.48. The minimum absolute atomic E-state index is 0.0687. The fourth-order valence-corrected chi connectivity index (χ4v) is 5.42. The number of rotatable bonds is 5. The first kappa shape index (κ1) is 22.8. The molecule has 10 heteroatoms. The van der Waals surface area contributed by atoms with Crippen molar-refractivity contribution in [3.63, 3.8) is 0 Å². The van der Waals surface area contributed by atoms with E-state index in [4.69, 9.17) is 11.6 Å². The Kier molecular flexibility index (Phi) is 6.11. The van der Waals surface area contributed by atoms with Gasteiger partial charge in [0.2, 0.25) is 15.9 Å². The second kappa shape index (κ2) is 8.86. The van der Waals surface area contributed by atoms with E-state index >= 15 is 0 Å². The van der Waals surface area contributed by atoms with Gasteiger partial charge in [0.25, 0.3) is 0 Å². The van der Waals surface area contributed by atoms with E-state index in [1.54, 1.807) is 12.1 Å². The number of fused-ring (bicyclic) bond motifs is 1. The van der Waals surface area contributed by atoms with Crippen molar-refractivity contribution in [2.24, 2.45) is 0 Å². The van der Waals surface area contributed by atoms with Crippen molar-refractivity contribution >= 4 is 44.8 Å². The van der Waals surface area contributed by atoms with E-state index in [1.165, 1.54) is 36.4 Å². The predicted molar refractivity (Wildman–Crippen MR) is 119 cm³/mol. The molecule has 3 aromatic rings. The van der Waals surface area contributed by atoms with E-state index in [0.717, 1.165) is 24.3 Å². The van der Waals surface area contributed by atoms with Crippen molar-refractivity contribution < 1.29 is 27.2 Å². The lowest BCUT2D eigenvalue weighted by Crippen LogP contribution is -2.55. The number of ketones is 2. The maximum Gasteiger partial charge on any atom is 0.245 e. The van der Waals surface area contributed by atoms with Gasteiger partial charge in [-0.2, -0.15) is 4.31 Å². The van der Waals surface area contributed by atoms with Crippen LogP contribution in [0.1, 0.15) is 20.7 Å². The normalized spacial score (nSPS) is 17.3. The van der Waals surface area contributed by atoms with Gasteiger partial charge < -0.3 is 5.32 Å². The van der Waals surface area contributed by atoms with Crippen molar-refractivity contribution in [2.75, 3.05) is 11.9 Å². The van der Waals surface area contributed by atoms with Crippen molar-refractivity contribution in [3.05, 3.63) is 94.8 Å². The topological polar surface area (TPSA) is 101 Å². The lowest BCUT2D eigenvalue weighted by molar-refractivity contribution is -0.116. The van der Waals surface area contributed by atoms with Gasteiger partial charge in [-0.1, -0.05) is 35.9 Å². The number of Topliss-reactive ketones (excluding diaryl/α,β-unsaturated/α-hetero) is 2. The van der Waals surface area contributed by atoms with E-state index in [-0.39, 0.29) is 26.7 Å². The molecule has 0 fully saturated rings. The summed E-state index contributed by atoms with van der Waals surface area (Å²) in [5.41, 5.74) is 0.0216. The van der Waals surface area contributed by atoms with Gasteiger partial charge in [0.05, 0.1) is 22.2 Å². The molecule has 1 aliphatic heterocycles. The molecular weight excluding hydrogens is 471 g/mol. The number of amides is 1. The van der Waals surface area contributed by atoms with Crippen LogP contribution >= 0.6 is 11.6 Å². The first-order chi connectivity index (χ1) is 15.7. The van der Waals surface area contributed by atoms with E-state index in [9.17, 15) is 27.2 Å². The third-order valence-electron chi connectivity index (χ3n) is 5.10. The summed E-state index contributed by atoms with van der Waals surface area (Å²) in [6.07, 6.45) is 0. The van der Waals surface area contributed by atoms with Gasteiger partial charge in [0.15, 0.2) is 17.6 Å². The van der Waals surface area contributed by atoms with Gasteiger partial charge in [-0.05, 0) is 48.5 Å². The number of nitrogens with one attached hydrogen (secondary N) is 1. The van der Waals surface area contributed by atoms with Crippen LogP contribution in [0.3, 0.4) is 0 Å². The number of carbonyl (C=O) groups is 3. The first-order valence-electron chi connectivity index (χ1n) is 9.69. The molecular formula is C23H16ClFN2O5S. The van der Waals surface area contributed by atoms with Crippen LogP contribution in [-0.2, 0) is 14.8 Å². The number of benzene rings is 3. The Labute approximate surface area is 193 Å². The van der Waals surface area contributed by atoms with Gasteiger partial charge in [0.1, 0.15) is 5.82 Å². The molecule has 1 heterocycles. The highest BCUT2D eigenvalue weighted by Gasteiger charge is 2.48. The third-order valence-corrected chi connectivity index (χ3v) is 7.30. The Morgan fingerprint density at radius 1 is 0.970 bits per heavy atom. The molecule has 0 aromatic heterocycles. The molecule has 33 heavy (non-hydrogen) atoms. The summed E-state index contributed by atoms with van der Waals surface area (Å²) >= 11 is 6.04. The van der Waals surface area contributed by atoms with Crippen molar-refractivity contribution in [3.8, 4) is 0 Å².